The zero-order valence-corrected chi connectivity index (χ0v) is 18.5. The number of anilines is 2. The van der Waals surface area contributed by atoms with Crippen LogP contribution in [0.25, 0.3) is 6.08 Å². The molecule has 0 spiro atoms. The summed E-state index contributed by atoms with van der Waals surface area (Å²) >= 11 is 5.98. The lowest BCUT2D eigenvalue weighted by Crippen LogP contribution is -2.39. The Bertz CT molecular complexity index is 1270. The number of benzene rings is 3. The van der Waals surface area contributed by atoms with Gasteiger partial charge in [-0.15, -0.1) is 0 Å². The fourth-order valence-corrected chi connectivity index (χ4v) is 4.37. The number of carbonyl (C=O) groups is 3. The first kappa shape index (κ1) is 21.9. The van der Waals surface area contributed by atoms with E-state index in [4.69, 9.17) is 21.5 Å². The Balaban J connectivity index is 1.49. The molecule has 0 saturated carbocycles. The maximum absolute atomic E-state index is 13.5. The topological polar surface area (TPSA) is 87.2 Å². The smallest absolute Gasteiger partial charge is 0.335 e. The number of aromatic carboxylic acids is 1. The van der Waals surface area contributed by atoms with Gasteiger partial charge in [-0.1, -0.05) is 54.1 Å². The monoisotopic (exact) mass is 474 g/mol. The number of fused-ring (bicyclic) bond motifs is 1. The van der Waals surface area contributed by atoms with Gasteiger partial charge in [0.2, 0.25) is 5.91 Å². The van der Waals surface area contributed by atoms with Gasteiger partial charge in [0, 0.05) is 5.02 Å². The third-order valence-electron chi connectivity index (χ3n) is 5.90. The third-order valence-corrected chi connectivity index (χ3v) is 6.15. The van der Waals surface area contributed by atoms with Crippen LogP contribution in [-0.4, -0.2) is 35.0 Å². The molecule has 3 atom stereocenters. The van der Waals surface area contributed by atoms with E-state index in [9.17, 15) is 14.4 Å². The number of carboxylic acid groups (broad SMARTS) is 1. The first-order valence-corrected chi connectivity index (χ1v) is 11.0. The highest BCUT2D eigenvalue weighted by molar-refractivity contribution is 6.30. The maximum Gasteiger partial charge on any atom is 0.335 e. The van der Waals surface area contributed by atoms with Gasteiger partial charge in [-0.3, -0.25) is 14.4 Å². The van der Waals surface area contributed by atoms with Crippen LogP contribution in [-0.2, 0) is 14.4 Å². The van der Waals surface area contributed by atoms with Crippen LogP contribution < -0.4 is 9.96 Å². The fourth-order valence-electron chi connectivity index (χ4n) is 4.24. The summed E-state index contributed by atoms with van der Waals surface area (Å²) in [5, 5.41) is 11.3. The van der Waals surface area contributed by atoms with E-state index in [0.717, 1.165) is 16.2 Å². The van der Waals surface area contributed by atoms with Crippen LogP contribution in [0.2, 0.25) is 5.02 Å². The van der Waals surface area contributed by atoms with Crippen LogP contribution in [0.15, 0.2) is 84.9 Å². The highest BCUT2D eigenvalue weighted by Gasteiger charge is 2.59. The van der Waals surface area contributed by atoms with Crippen molar-refractivity contribution in [3.63, 3.8) is 0 Å². The van der Waals surface area contributed by atoms with Gasteiger partial charge in [0.25, 0.3) is 5.91 Å². The molecule has 2 saturated heterocycles. The van der Waals surface area contributed by atoms with Gasteiger partial charge in [0.15, 0.2) is 6.10 Å². The van der Waals surface area contributed by atoms with Crippen LogP contribution in [0.1, 0.15) is 15.9 Å². The van der Waals surface area contributed by atoms with Crippen molar-refractivity contribution in [2.24, 2.45) is 5.92 Å². The molecule has 170 valence electrons. The predicted molar refractivity (Wildman–Crippen MR) is 127 cm³/mol. The molecule has 2 fully saturated rings. The van der Waals surface area contributed by atoms with E-state index in [1.54, 1.807) is 17.2 Å². The van der Waals surface area contributed by atoms with Gasteiger partial charge in [0.05, 0.1) is 23.0 Å². The molecule has 0 aromatic heterocycles. The van der Waals surface area contributed by atoms with E-state index < -0.39 is 35.8 Å². The number of halogens is 1. The third kappa shape index (κ3) is 3.85. The molecule has 3 aromatic rings. The SMILES string of the molecule is O=C(O)c1ccc(N2C(=O)[C@@H]3ON(c4ccccc4)C(/C=C/c4ccc(Cl)cc4)[C@@H]3C2=O)cc1. The molecule has 1 unspecified atom stereocenters. The maximum atomic E-state index is 13.5. The minimum absolute atomic E-state index is 0.0679. The van der Waals surface area contributed by atoms with E-state index >= 15 is 0 Å². The molecule has 8 heteroatoms. The fraction of sp³-hybridized carbons (Fsp3) is 0.115. The van der Waals surface area contributed by atoms with Gasteiger partial charge in [-0.2, -0.15) is 0 Å². The van der Waals surface area contributed by atoms with Crippen LogP contribution >= 0.6 is 11.6 Å². The molecule has 2 aliphatic heterocycles. The number of hydrogen-bond donors (Lipinski definition) is 1. The molecule has 0 radical (unpaired) electrons. The van der Waals surface area contributed by atoms with Crippen LogP contribution in [0, 0.1) is 5.92 Å². The molecule has 2 aliphatic rings. The number of para-hydroxylation sites is 1. The number of hydroxylamine groups is 1. The number of imide groups is 1. The summed E-state index contributed by atoms with van der Waals surface area (Å²) < 4.78 is 0. The molecule has 2 heterocycles. The average molecular weight is 475 g/mol. The van der Waals surface area contributed by atoms with Crippen LogP contribution in [0.4, 0.5) is 11.4 Å². The van der Waals surface area contributed by atoms with Crippen molar-refractivity contribution in [3.05, 3.63) is 101 Å². The van der Waals surface area contributed by atoms with Gasteiger partial charge in [-0.05, 0) is 54.1 Å². The van der Waals surface area contributed by atoms with Crippen molar-refractivity contribution in [2.75, 3.05) is 9.96 Å². The van der Waals surface area contributed by atoms with Crippen LogP contribution in [0.5, 0.6) is 0 Å². The van der Waals surface area contributed by atoms with E-state index in [1.807, 2.05) is 54.6 Å². The molecule has 7 nitrogen and oxygen atoms in total. The number of rotatable bonds is 5. The van der Waals surface area contributed by atoms with Crippen molar-refractivity contribution < 1.29 is 24.3 Å². The molecular formula is C26H19ClN2O5. The second-order valence-electron chi connectivity index (χ2n) is 7.98. The Labute approximate surface area is 200 Å². The second kappa shape index (κ2) is 8.78. The minimum Gasteiger partial charge on any atom is -0.478 e. The minimum atomic E-state index is -1.09. The van der Waals surface area contributed by atoms with Crippen molar-refractivity contribution in [1.82, 2.24) is 0 Å². The predicted octanol–water partition coefficient (Wildman–Crippen LogP) is 4.43. The Hall–Kier alpha value is -3.94. The quantitative estimate of drug-likeness (QED) is 0.550. The van der Waals surface area contributed by atoms with Crippen molar-refractivity contribution >= 4 is 46.8 Å². The Morgan fingerprint density at radius 1 is 0.882 bits per heavy atom. The van der Waals surface area contributed by atoms with E-state index in [0.29, 0.717) is 10.7 Å². The molecule has 5 rings (SSSR count). The van der Waals surface area contributed by atoms with Crippen molar-refractivity contribution in [3.8, 4) is 0 Å². The van der Waals surface area contributed by atoms with Gasteiger partial charge in [-0.25, -0.2) is 14.8 Å². The highest BCUT2D eigenvalue weighted by Crippen LogP contribution is 2.41. The van der Waals surface area contributed by atoms with Crippen molar-refractivity contribution in [1.29, 1.82) is 0 Å². The summed E-state index contributed by atoms with van der Waals surface area (Å²) in [7, 11) is 0. The summed E-state index contributed by atoms with van der Waals surface area (Å²) in [6.45, 7) is 0. The summed E-state index contributed by atoms with van der Waals surface area (Å²) in [6.07, 6.45) is 2.72. The second-order valence-corrected chi connectivity index (χ2v) is 8.41. The first-order valence-electron chi connectivity index (χ1n) is 10.6. The van der Waals surface area contributed by atoms with Crippen molar-refractivity contribution in [2.45, 2.75) is 12.1 Å². The first-order chi connectivity index (χ1) is 16.4. The average Bonchev–Trinajstić information content (AvgIpc) is 3.34. The van der Waals surface area contributed by atoms with Gasteiger partial charge < -0.3 is 5.11 Å². The number of carbonyl (C=O) groups excluding carboxylic acids is 2. The zero-order chi connectivity index (χ0) is 23.8. The van der Waals surface area contributed by atoms with E-state index in [1.165, 1.54) is 24.3 Å². The molecule has 2 amide bonds. The molecule has 3 aromatic carbocycles. The summed E-state index contributed by atoms with van der Waals surface area (Å²) in [5.41, 5.74) is 1.99. The lowest BCUT2D eigenvalue weighted by Gasteiger charge is -2.26. The number of carboxylic acids is 1. The summed E-state index contributed by atoms with van der Waals surface area (Å²) in [6, 6.07) is 21.6. The zero-order valence-electron chi connectivity index (χ0n) is 17.7. The summed E-state index contributed by atoms with van der Waals surface area (Å²) in [5.74, 6) is -2.74. The van der Waals surface area contributed by atoms with Gasteiger partial charge >= 0.3 is 5.97 Å². The lowest BCUT2D eigenvalue weighted by atomic mass is 9.95. The van der Waals surface area contributed by atoms with E-state index in [2.05, 4.69) is 0 Å². The largest absolute Gasteiger partial charge is 0.478 e. The molecule has 0 bridgehead atoms. The highest BCUT2D eigenvalue weighted by atomic mass is 35.5. The Morgan fingerprint density at radius 3 is 2.21 bits per heavy atom. The molecule has 0 aliphatic carbocycles. The normalized spacial score (nSPS) is 22.0. The number of amides is 2. The van der Waals surface area contributed by atoms with E-state index in [-0.39, 0.29) is 5.56 Å². The lowest BCUT2D eigenvalue weighted by molar-refractivity contribution is -0.126. The number of hydrogen-bond acceptors (Lipinski definition) is 5. The molecule has 1 N–H and O–H groups in total. The standard InChI is InChI=1S/C26H19ClN2O5/c27-18-11-6-16(7-12-18)8-15-21-22-23(34-29(21)20-4-2-1-3-5-20)25(31)28(24(22)30)19-13-9-17(10-14-19)26(32)33/h1-15,21-23H,(H,32,33)/b15-8+/t21?,22-,23+/m0/s1. The number of nitrogens with zero attached hydrogens (tertiary/aromatic N) is 2. The van der Waals surface area contributed by atoms with Crippen LogP contribution in [0.3, 0.4) is 0 Å². The Morgan fingerprint density at radius 2 is 1.56 bits per heavy atom. The van der Waals surface area contributed by atoms with Gasteiger partial charge in [0.1, 0.15) is 5.92 Å². The molecule has 34 heavy (non-hydrogen) atoms. The Kier molecular flexibility index (Phi) is 5.65. The summed E-state index contributed by atoms with van der Waals surface area (Å²) in [4.78, 5) is 45.0. The molecular weight excluding hydrogens is 456 g/mol.